The third-order valence-corrected chi connectivity index (χ3v) is 3.60. The van der Waals surface area contributed by atoms with Gasteiger partial charge in [-0.25, -0.2) is 9.78 Å². The summed E-state index contributed by atoms with van der Waals surface area (Å²) in [6.45, 7) is 6.40. The molecule has 0 aliphatic carbocycles. The molecular weight excluding hydrogens is 266 g/mol. The van der Waals surface area contributed by atoms with Crippen LogP contribution in [0.25, 0.3) is 5.65 Å². The van der Waals surface area contributed by atoms with Crippen LogP contribution >= 0.6 is 0 Å². The fourth-order valence-corrected chi connectivity index (χ4v) is 2.73. The van der Waals surface area contributed by atoms with Gasteiger partial charge in [-0.2, -0.15) is 0 Å². The Labute approximate surface area is 124 Å². The highest BCUT2D eigenvalue weighted by Gasteiger charge is 2.34. The van der Waals surface area contributed by atoms with E-state index in [1.165, 1.54) is 0 Å². The minimum atomic E-state index is -0.469. The zero-order valence-electron chi connectivity index (χ0n) is 12.7. The molecule has 0 radical (unpaired) electrons. The Morgan fingerprint density at radius 3 is 2.90 bits per heavy atom. The van der Waals surface area contributed by atoms with Gasteiger partial charge >= 0.3 is 6.09 Å². The number of imidazole rings is 1. The minimum Gasteiger partial charge on any atom is -0.444 e. The van der Waals surface area contributed by atoms with Crippen molar-refractivity contribution in [1.82, 2.24) is 14.3 Å². The van der Waals surface area contributed by atoms with Gasteiger partial charge in [-0.1, -0.05) is 6.07 Å². The van der Waals surface area contributed by atoms with E-state index in [1.807, 2.05) is 55.8 Å². The Kier molecular flexibility index (Phi) is 3.35. The molecule has 1 atom stereocenters. The number of carbonyl (C=O) groups is 1. The zero-order chi connectivity index (χ0) is 15.0. The number of amides is 1. The fraction of sp³-hybridized carbons (Fsp3) is 0.500. The monoisotopic (exact) mass is 287 g/mol. The van der Waals surface area contributed by atoms with Crippen molar-refractivity contribution in [3.8, 4) is 0 Å². The summed E-state index contributed by atoms with van der Waals surface area (Å²) in [5.74, 6) is 0. The summed E-state index contributed by atoms with van der Waals surface area (Å²) in [6.07, 6.45) is 5.64. The van der Waals surface area contributed by atoms with E-state index >= 15 is 0 Å². The molecule has 0 spiro atoms. The first-order valence-corrected chi connectivity index (χ1v) is 7.37. The summed E-state index contributed by atoms with van der Waals surface area (Å²) in [6, 6.07) is 5.92. The Balaban J connectivity index is 1.85. The molecule has 1 aliphatic heterocycles. The number of rotatable bonds is 1. The Bertz CT molecular complexity index is 624. The second kappa shape index (κ2) is 5.06. The fourth-order valence-electron chi connectivity index (χ4n) is 2.73. The largest absolute Gasteiger partial charge is 0.444 e. The summed E-state index contributed by atoms with van der Waals surface area (Å²) in [5.41, 5.74) is 1.37. The third kappa shape index (κ3) is 2.86. The minimum absolute atomic E-state index is 0.0137. The van der Waals surface area contributed by atoms with Crippen molar-refractivity contribution in [3.05, 3.63) is 36.3 Å². The topological polar surface area (TPSA) is 46.8 Å². The molecule has 1 amide bonds. The van der Waals surface area contributed by atoms with Gasteiger partial charge < -0.3 is 9.14 Å². The maximum atomic E-state index is 12.3. The molecule has 1 saturated heterocycles. The molecule has 3 rings (SSSR count). The first kappa shape index (κ1) is 13.9. The number of hydrogen-bond donors (Lipinski definition) is 0. The average Bonchev–Trinajstić information content (AvgIpc) is 3.02. The van der Waals surface area contributed by atoms with Gasteiger partial charge in [0, 0.05) is 18.9 Å². The first-order valence-electron chi connectivity index (χ1n) is 7.37. The zero-order valence-corrected chi connectivity index (χ0v) is 12.7. The van der Waals surface area contributed by atoms with Gasteiger partial charge in [0.15, 0.2) is 0 Å². The van der Waals surface area contributed by atoms with Crippen LogP contribution in [0.5, 0.6) is 0 Å². The van der Waals surface area contributed by atoms with Gasteiger partial charge in [0.2, 0.25) is 0 Å². The van der Waals surface area contributed by atoms with E-state index in [9.17, 15) is 4.79 Å². The standard InChI is InChI=1S/C16H21N3O2/c1-16(2,3)21-15(20)19-10-6-7-13(19)12-11-18-9-5-4-8-14(18)17-12/h4-5,8-9,11,13H,6-7,10H2,1-3H3/t13-/m0/s1. The van der Waals surface area contributed by atoms with Gasteiger partial charge in [-0.15, -0.1) is 0 Å². The summed E-state index contributed by atoms with van der Waals surface area (Å²) in [5, 5.41) is 0. The van der Waals surface area contributed by atoms with Gasteiger partial charge in [0.05, 0.1) is 11.7 Å². The predicted molar refractivity (Wildman–Crippen MR) is 80.1 cm³/mol. The van der Waals surface area contributed by atoms with Crippen LogP contribution in [0.3, 0.4) is 0 Å². The number of fused-ring (bicyclic) bond motifs is 1. The number of likely N-dealkylation sites (tertiary alicyclic amines) is 1. The lowest BCUT2D eigenvalue weighted by molar-refractivity contribution is 0.0222. The van der Waals surface area contributed by atoms with Crippen LogP contribution in [0.15, 0.2) is 30.6 Å². The molecule has 1 aliphatic rings. The van der Waals surface area contributed by atoms with Crippen LogP contribution in [0, 0.1) is 0 Å². The highest BCUT2D eigenvalue weighted by molar-refractivity contribution is 5.69. The van der Waals surface area contributed by atoms with Crippen molar-refractivity contribution >= 4 is 11.7 Å². The number of ether oxygens (including phenoxy) is 1. The summed E-state index contributed by atoms with van der Waals surface area (Å²) >= 11 is 0. The molecule has 0 saturated carbocycles. The second-order valence-corrected chi connectivity index (χ2v) is 6.46. The molecule has 2 aromatic heterocycles. The van der Waals surface area contributed by atoms with Crippen molar-refractivity contribution < 1.29 is 9.53 Å². The number of pyridine rings is 1. The molecule has 2 aromatic rings. The molecule has 1 fully saturated rings. The van der Waals surface area contributed by atoms with Crippen molar-refractivity contribution in [2.75, 3.05) is 6.54 Å². The normalized spacial score (nSPS) is 19.2. The lowest BCUT2D eigenvalue weighted by atomic mass is 10.1. The van der Waals surface area contributed by atoms with Gasteiger partial charge in [-0.3, -0.25) is 4.90 Å². The number of hydrogen-bond acceptors (Lipinski definition) is 3. The van der Waals surface area contributed by atoms with Gasteiger partial charge in [0.1, 0.15) is 11.2 Å². The molecule has 0 aromatic carbocycles. The van der Waals surface area contributed by atoms with E-state index in [2.05, 4.69) is 4.98 Å². The Morgan fingerprint density at radius 1 is 1.38 bits per heavy atom. The van der Waals surface area contributed by atoms with Crippen molar-refractivity contribution in [3.63, 3.8) is 0 Å². The molecule has 5 heteroatoms. The quantitative estimate of drug-likeness (QED) is 0.807. The van der Waals surface area contributed by atoms with Gasteiger partial charge in [-0.05, 0) is 45.7 Å². The van der Waals surface area contributed by atoms with Crippen molar-refractivity contribution in [2.45, 2.75) is 45.3 Å². The number of nitrogens with zero attached hydrogens (tertiary/aromatic N) is 3. The van der Waals surface area contributed by atoms with Crippen LogP contribution < -0.4 is 0 Å². The molecule has 21 heavy (non-hydrogen) atoms. The van der Waals surface area contributed by atoms with E-state index < -0.39 is 5.60 Å². The smallest absolute Gasteiger partial charge is 0.410 e. The highest BCUT2D eigenvalue weighted by atomic mass is 16.6. The molecule has 112 valence electrons. The molecular formula is C16H21N3O2. The highest BCUT2D eigenvalue weighted by Crippen LogP contribution is 2.32. The van der Waals surface area contributed by atoms with E-state index in [0.717, 1.165) is 30.7 Å². The van der Waals surface area contributed by atoms with E-state index in [-0.39, 0.29) is 12.1 Å². The van der Waals surface area contributed by atoms with Crippen LogP contribution in [0.4, 0.5) is 4.79 Å². The Hall–Kier alpha value is -2.04. The van der Waals surface area contributed by atoms with Crippen molar-refractivity contribution in [2.24, 2.45) is 0 Å². The molecule has 0 bridgehead atoms. The van der Waals surface area contributed by atoms with Crippen LogP contribution in [-0.4, -0.2) is 32.5 Å². The van der Waals surface area contributed by atoms with E-state index in [1.54, 1.807) is 4.90 Å². The summed E-state index contributed by atoms with van der Waals surface area (Å²) in [4.78, 5) is 18.8. The summed E-state index contributed by atoms with van der Waals surface area (Å²) in [7, 11) is 0. The first-order chi connectivity index (χ1) is 9.94. The lowest BCUT2D eigenvalue weighted by Gasteiger charge is -2.27. The second-order valence-electron chi connectivity index (χ2n) is 6.46. The molecule has 0 N–H and O–H groups in total. The predicted octanol–water partition coefficient (Wildman–Crippen LogP) is 3.41. The van der Waals surface area contributed by atoms with Gasteiger partial charge in [0.25, 0.3) is 0 Å². The van der Waals surface area contributed by atoms with Crippen LogP contribution in [0.2, 0.25) is 0 Å². The molecule has 3 heterocycles. The lowest BCUT2D eigenvalue weighted by Crippen LogP contribution is -2.36. The van der Waals surface area contributed by atoms with Crippen molar-refractivity contribution in [1.29, 1.82) is 0 Å². The maximum absolute atomic E-state index is 12.3. The molecule has 0 unspecified atom stereocenters. The van der Waals surface area contributed by atoms with Crippen LogP contribution in [-0.2, 0) is 4.74 Å². The SMILES string of the molecule is CC(C)(C)OC(=O)N1CCC[C@H]1c1cn2ccccc2n1. The number of aromatic nitrogens is 2. The van der Waals surface area contributed by atoms with E-state index in [4.69, 9.17) is 4.74 Å². The Morgan fingerprint density at radius 2 is 2.19 bits per heavy atom. The molecule has 5 nitrogen and oxygen atoms in total. The number of carbonyl (C=O) groups excluding carboxylic acids is 1. The third-order valence-electron chi connectivity index (χ3n) is 3.60. The maximum Gasteiger partial charge on any atom is 0.410 e. The average molecular weight is 287 g/mol. The van der Waals surface area contributed by atoms with Crippen LogP contribution in [0.1, 0.15) is 45.3 Å². The summed E-state index contributed by atoms with van der Waals surface area (Å²) < 4.78 is 7.49. The van der Waals surface area contributed by atoms with E-state index in [0.29, 0.717) is 0 Å².